The van der Waals surface area contributed by atoms with Crippen molar-refractivity contribution in [2.45, 2.75) is 76.4 Å². The maximum atomic E-state index is 12.1. The van der Waals surface area contributed by atoms with Crippen LogP contribution in [0.2, 0.25) is 10.1 Å². The number of hydrogen-bond donors (Lipinski definition) is 2. The van der Waals surface area contributed by atoms with Gasteiger partial charge in [0.25, 0.3) is 16.6 Å². The first-order chi connectivity index (χ1) is 21.4. The molecule has 4 nitrogen and oxygen atoms in total. The average molecular weight is 639 g/mol. The fraction of sp³-hybridized carbons (Fsp3) is 0.333. The SMILES string of the molecule is C=C[C@H](O)C[C@H](O[Si](c1ccccc1)(c1ccccc1)C(C)(C)C)[C@H](O)CO[Si](c1ccccc1)(c1ccccc1)C(C)(C)C. The molecular weight excluding hydrogens is 589 g/mol. The van der Waals surface area contributed by atoms with Crippen molar-refractivity contribution >= 4 is 37.4 Å². The van der Waals surface area contributed by atoms with Gasteiger partial charge in [0.15, 0.2) is 0 Å². The number of hydrogen-bond acceptors (Lipinski definition) is 4. The molecule has 0 spiro atoms. The van der Waals surface area contributed by atoms with Crippen LogP contribution in [0, 0.1) is 0 Å². The van der Waals surface area contributed by atoms with Crippen molar-refractivity contribution in [3.63, 3.8) is 0 Å². The summed E-state index contributed by atoms with van der Waals surface area (Å²) in [5.74, 6) is 0. The summed E-state index contributed by atoms with van der Waals surface area (Å²) in [5, 5.41) is 27.0. The van der Waals surface area contributed by atoms with Crippen molar-refractivity contribution in [2.24, 2.45) is 0 Å². The molecule has 0 bridgehead atoms. The third-order valence-corrected chi connectivity index (χ3v) is 18.9. The van der Waals surface area contributed by atoms with Crippen molar-refractivity contribution in [1.29, 1.82) is 0 Å². The van der Waals surface area contributed by atoms with Crippen molar-refractivity contribution in [2.75, 3.05) is 6.61 Å². The molecule has 2 N–H and O–H groups in total. The molecule has 3 atom stereocenters. The Labute approximate surface area is 272 Å². The van der Waals surface area contributed by atoms with Crippen molar-refractivity contribution in [1.82, 2.24) is 0 Å². The highest BCUT2D eigenvalue weighted by atomic mass is 28.4. The van der Waals surface area contributed by atoms with E-state index in [9.17, 15) is 10.2 Å². The number of rotatable bonds is 13. The van der Waals surface area contributed by atoms with Gasteiger partial charge in [-0.15, -0.1) is 6.58 Å². The molecule has 45 heavy (non-hydrogen) atoms. The molecule has 0 amide bonds. The molecule has 0 radical (unpaired) electrons. The Bertz CT molecular complexity index is 1390. The van der Waals surface area contributed by atoms with E-state index in [1.54, 1.807) is 0 Å². The van der Waals surface area contributed by atoms with Crippen LogP contribution < -0.4 is 20.7 Å². The standard InChI is InChI=1S/C39H50O4Si2/c1-8-31(40)29-37(43-45(39(5,6)7,34-25-17-11-18-26-34)35-27-19-12-20-28-35)36(41)30-42-44(38(2,3)4,32-21-13-9-14-22-32)33-23-15-10-16-24-33/h8-28,31,36-37,40-41H,1,29-30H2,2-7H3/t31-,36+,37-/m0/s1. The Hall–Kier alpha value is -3.11. The maximum Gasteiger partial charge on any atom is 0.261 e. The summed E-state index contributed by atoms with van der Waals surface area (Å²) in [7, 11) is -5.96. The first kappa shape index (κ1) is 34.8. The number of aliphatic hydroxyl groups is 2. The monoisotopic (exact) mass is 638 g/mol. The zero-order valence-corrected chi connectivity index (χ0v) is 29.7. The van der Waals surface area contributed by atoms with Crippen LogP contribution in [-0.4, -0.2) is 51.8 Å². The molecular formula is C39H50O4Si2. The fourth-order valence-corrected chi connectivity index (χ4v) is 15.9. The van der Waals surface area contributed by atoms with Crippen LogP contribution in [0.15, 0.2) is 134 Å². The fourth-order valence-electron chi connectivity index (χ4n) is 6.62. The van der Waals surface area contributed by atoms with Gasteiger partial charge in [-0.3, -0.25) is 0 Å². The second-order valence-electron chi connectivity index (χ2n) is 13.9. The molecule has 4 aromatic carbocycles. The largest absolute Gasteiger partial charge is 0.405 e. The van der Waals surface area contributed by atoms with E-state index < -0.39 is 34.9 Å². The summed E-state index contributed by atoms with van der Waals surface area (Å²) in [5.41, 5.74) is 0. The first-order valence-electron chi connectivity index (χ1n) is 15.9. The Balaban J connectivity index is 1.82. The van der Waals surface area contributed by atoms with Crippen molar-refractivity contribution < 1.29 is 19.1 Å². The second-order valence-corrected chi connectivity index (χ2v) is 22.5. The topological polar surface area (TPSA) is 58.9 Å². The lowest BCUT2D eigenvalue weighted by atomic mass is 10.1. The van der Waals surface area contributed by atoms with E-state index in [1.165, 1.54) is 6.08 Å². The molecule has 238 valence electrons. The molecule has 0 fully saturated rings. The van der Waals surface area contributed by atoms with Gasteiger partial charge in [0.2, 0.25) is 0 Å². The molecule has 0 saturated carbocycles. The highest BCUT2D eigenvalue weighted by molar-refractivity contribution is 7.00. The lowest BCUT2D eigenvalue weighted by Crippen LogP contribution is -2.69. The summed E-state index contributed by atoms with van der Waals surface area (Å²) in [4.78, 5) is 0. The molecule has 4 rings (SSSR count). The minimum absolute atomic E-state index is 0.0556. The third kappa shape index (κ3) is 7.33. The number of benzene rings is 4. The Morgan fingerprint density at radius 3 is 1.24 bits per heavy atom. The molecule has 0 aliphatic rings. The van der Waals surface area contributed by atoms with Gasteiger partial charge >= 0.3 is 0 Å². The van der Waals surface area contributed by atoms with Gasteiger partial charge in [0.05, 0.1) is 18.8 Å². The van der Waals surface area contributed by atoms with E-state index in [2.05, 4.69) is 121 Å². The van der Waals surface area contributed by atoms with Gasteiger partial charge in [-0.1, -0.05) is 169 Å². The van der Waals surface area contributed by atoms with E-state index in [0.717, 1.165) is 20.7 Å². The summed E-state index contributed by atoms with van der Waals surface area (Å²) >= 11 is 0. The third-order valence-electron chi connectivity index (χ3n) is 8.81. The Morgan fingerprint density at radius 2 is 0.933 bits per heavy atom. The minimum Gasteiger partial charge on any atom is -0.405 e. The predicted molar refractivity (Wildman–Crippen MR) is 193 cm³/mol. The van der Waals surface area contributed by atoms with Crippen LogP contribution in [0.1, 0.15) is 48.0 Å². The van der Waals surface area contributed by atoms with Gasteiger partial charge in [-0.05, 0) is 30.8 Å². The van der Waals surface area contributed by atoms with Crippen LogP contribution in [0.25, 0.3) is 0 Å². The lowest BCUT2D eigenvalue weighted by Gasteiger charge is -2.47. The summed E-state index contributed by atoms with van der Waals surface area (Å²) in [6, 6.07) is 41.6. The molecule has 0 aliphatic carbocycles. The van der Waals surface area contributed by atoms with E-state index in [-0.39, 0.29) is 23.1 Å². The number of aliphatic hydroxyl groups excluding tert-OH is 2. The summed E-state index contributed by atoms with van der Waals surface area (Å²) in [6.07, 6.45) is -0.877. The highest BCUT2D eigenvalue weighted by Gasteiger charge is 2.53. The molecule has 4 aromatic rings. The van der Waals surface area contributed by atoms with Gasteiger partial charge in [0, 0.05) is 6.42 Å². The summed E-state index contributed by atoms with van der Waals surface area (Å²) in [6.45, 7) is 17.2. The van der Waals surface area contributed by atoms with E-state index in [0.29, 0.717) is 0 Å². The van der Waals surface area contributed by atoms with Crippen molar-refractivity contribution in [3.8, 4) is 0 Å². The lowest BCUT2D eigenvalue weighted by molar-refractivity contribution is -0.0188. The molecule has 0 saturated heterocycles. The molecule has 0 aromatic heterocycles. The van der Waals surface area contributed by atoms with Gasteiger partial charge < -0.3 is 19.1 Å². The van der Waals surface area contributed by atoms with Crippen molar-refractivity contribution in [3.05, 3.63) is 134 Å². The zero-order chi connectivity index (χ0) is 32.7. The van der Waals surface area contributed by atoms with E-state index >= 15 is 0 Å². The molecule has 6 heteroatoms. The van der Waals surface area contributed by atoms with Gasteiger partial charge in [-0.2, -0.15) is 0 Å². The normalized spacial score (nSPS) is 14.8. The minimum atomic E-state index is -3.04. The quantitative estimate of drug-likeness (QED) is 0.144. The maximum absolute atomic E-state index is 12.1. The smallest absolute Gasteiger partial charge is 0.261 e. The van der Waals surface area contributed by atoms with Crippen LogP contribution in [0.5, 0.6) is 0 Å². The highest BCUT2D eigenvalue weighted by Crippen LogP contribution is 2.40. The zero-order valence-electron chi connectivity index (χ0n) is 27.7. The second kappa shape index (κ2) is 14.5. The molecule has 0 heterocycles. The van der Waals surface area contributed by atoms with Gasteiger partial charge in [-0.25, -0.2) is 0 Å². The summed E-state index contributed by atoms with van der Waals surface area (Å²) < 4.78 is 14.5. The molecule has 0 unspecified atom stereocenters. The van der Waals surface area contributed by atoms with Gasteiger partial charge in [0.1, 0.15) is 6.10 Å². The van der Waals surface area contributed by atoms with E-state index in [1.807, 2.05) is 48.5 Å². The first-order valence-corrected chi connectivity index (χ1v) is 19.7. The molecule has 0 aliphatic heterocycles. The van der Waals surface area contributed by atoms with Crippen LogP contribution in [0.3, 0.4) is 0 Å². The Morgan fingerprint density at radius 1 is 0.600 bits per heavy atom. The van der Waals surface area contributed by atoms with E-state index in [4.69, 9.17) is 8.85 Å². The van der Waals surface area contributed by atoms with Crippen LogP contribution >= 0.6 is 0 Å². The van der Waals surface area contributed by atoms with Crippen LogP contribution in [0.4, 0.5) is 0 Å². The van der Waals surface area contributed by atoms with Crippen LogP contribution in [-0.2, 0) is 8.85 Å². The average Bonchev–Trinajstić information content (AvgIpc) is 3.03. The predicted octanol–water partition coefficient (Wildman–Crippen LogP) is 5.81. The Kier molecular flexibility index (Phi) is 11.2.